The molecule has 1 heterocycles. The highest BCUT2D eigenvalue weighted by Crippen LogP contribution is 2.30. The van der Waals surface area contributed by atoms with Gasteiger partial charge in [0.1, 0.15) is 0 Å². The van der Waals surface area contributed by atoms with Crippen molar-refractivity contribution in [1.82, 2.24) is 0 Å². The summed E-state index contributed by atoms with van der Waals surface area (Å²) in [5.41, 5.74) is 2.12. The molecule has 1 aromatic heterocycles. The van der Waals surface area contributed by atoms with Crippen LogP contribution in [-0.2, 0) is 6.54 Å². The van der Waals surface area contributed by atoms with Crippen LogP contribution in [0.4, 0.5) is 0 Å². The number of aromatic nitrogens is 1. The Morgan fingerprint density at radius 2 is 1.67 bits per heavy atom. The van der Waals surface area contributed by atoms with Crippen LogP contribution < -0.4 is 4.57 Å². The molecule has 0 amide bonds. The van der Waals surface area contributed by atoms with Gasteiger partial charge < -0.3 is 0 Å². The Labute approximate surface area is 126 Å². The molecule has 2 heteroatoms. The maximum Gasteiger partial charge on any atom is 0.227 e. The van der Waals surface area contributed by atoms with Gasteiger partial charge in [-0.3, -0.25) is 4.79 Å². The van der Waals surface area contributed by atoms with Gasteiger partial charge in [0, 0.05) is 23.6 Å². The normalized spacial score (nSPS) is 15.8. The lowest BCUT2D eigenvalue weighted by atomic mass is 9.86. The maximum absolute atomic E-state index is 12.4. The summed E-state index contributed by atoms with van der Waals surface area (Å²) in [6, 6.07) is 15.9. The zero-order valence-corrected chi connectivity index (χ0v) is 12.4. The van der Waals surface area contributed by atoms with Crippen molar-refractivity contribution in [2.75, 3.05) is 0 Å². The third kappa shape index (κ3) is 3.38. The van der Waals surface area contributed by atoms with Gasteiger partial charge in [-0.05, 0) is 12.8 Å². The summed E-state index contributed by atoms with van der Waals surface area (Å²) in [7, 11) is 0. The zero-order chi connectivity index (χ0) is 14.5. The molecule has 0 aliphatic heterocycles. The average Bonchev–Trinajstić information content (AvgIpc) is 2.57. The molecule has 21 heavy (non-hydrogen) atoms. The van der Waals surface area contributed by atoms with Gasteiger partial charge in [-0.15, -0.1) is 0 Å². The van der Waals surface area contributed by atoms with Gasteiger partial charge in [0.2, 0.25) is 12.3 Å². The summed E-state index contributed by atoms with van der Waals surface area (Å²) in [6.45, 7) is 0.441. The van der Waals surface area contributed by atoms with Crippen LogP contribution in [-0.4, -0.2) is 5.78 Å². The molecule has 1 aliphatic rings. The number of hydrogen-bond donors (Lipinski definition) is 0. The topological polar surface area (TPSA) is 20.9 Å². The second-order valence-electron chi connectivity index (χ2n) is 5.88. The number of Topliss-reactive ketones (excluding diaryl/α,β-unsaturated/α-hetero) is 1. The van der Waals surface area contributed by atoms with E-state index in [1.165, 1.54) is 37.8 Å². The van der Waals surface area contributed by atoms with Crippen LogP contribution in [0.25, 0.3) is 0 Å². The van der Waals surface area contributed by atoms with E-state index in [1.807, 2.05) is 42.6 Å². The van der Waals surface area contributed by atoms with E-state index >= 15 is 0 Å². The van der Waals surface area contributed by atoms with Gasteiger partial charge in [-0.25, -0.2) is 0 Å². The van der Waals surface area contributed by atoms with E-state index in [-0.39, 0.29) is 5.78 Å². The van der Waals surface area contributed by atoms with E-state index in [4.69, 9.17) is 0 Å². The van der Waals surface area contributed by atoms with Gasteiger partial charge in [0.15, 0.2) is 11.9 Å². The molecule has 2 aromatic rings. The Bertz CT molecular complexity index is 600. The Kier molecular flexibility index (Phi) is 4.44. The molecule has 1 aliphatic carbocycles. The van der Waals surface area contributed by atoms with E-state index in [0.717, 1.165) is 5.56 Å². The third-order valence-electron chi connectivity index (χ3n) is 4.41. The molecule has 0 unspecified atom stereocenters. The molecule has 0 radical (unpaired) electrons. The van der Waals surface area contributed by atoms with Crippen molar-refractivity contribution in [3.63, 3.8) is 0 Å². The molecule has 1 aromatic carbocycles. The van der Waals surface area contributed by atoms with Crippen molar-refractivity contribution < 1.29 is 9.36 Å². The lowest BCUT2D eigenvalue weighted by Gasteiger charge is -2.19. The number of benzene rings is 1. The molecule has 0 N–H and O–H groups in total. The van der Waals surface area contributed by atoms with Crippen molar-refractivity contribution >= 4 is 5.78 Å². The van der Waals surface area contributed by atoms with E-state index < -0.39 is 0 Å². The minimum absolute atomic E-state index is 0.184. The molecule has 2 nitrogen and oxygen atoms in total. The maximum atomic E-state index is 12.4. The Hall–Kier alpha value is -1.96. The first kappa shape index (κ1) is 14.0. The second kappa shape index (κ2) is 6.66. The predicted molar refractivity (Wildman–Crippen MR) is 83.2 cm³/mol. The fourth-order valence-corrected chi connectivity index (χ4v) is 3.27. The number of carbonyl (C=O) groups excluding carboxylic acids is 1. The highest BCUT2D eigenvalue weighted by Gasteiger charge is 2.25. The number of rotatable bonds is 4. The molecule has 0 atom stereocenters. The van der Waals surface area contributed by atoms with Gasteiger partial charge in [-0.2, -0.15) is 4.57 Å². The summed E-state index contributed by atoms with van der Waals surface area (Å²) in [5.74, 6) is 0.799. The predicted octanol–water partition coefficient (Wildman–Crippen LogP) is 3.90. The number of hydrogen-bond acceptors (Lipinski definition) is 1. The lowest BCUT2D eigenvalue weighted by Crippen LogP contribution is -2.42. The molecule has 0 spiro atoms. The van der Waals surface area contributed by atoms with Crippen molar-refractivity contribution in [2.24, 2.45) is 0 Å². The van der Waals surface area contributed by atoms with E-state index in [2.05, 4.69) is 16.7 Å². The van der Waals surface area contributed by atoms with Crippen LogP contribution in [0.3, 0.4) is 0 Å². The smallest absolute Gasteiger partial charge is 0.227 e. The van der Waals surface area contributed by atoms with Crippen LogP contribution in [0.1, 0.15) is 54.1 Å². The first-order chi connectivity index (χ1) is 10.3. The van der Waals surface area contributed by atoms with Crippen LogP contribution in [0, 0.1) is 0 Å². The number of pyridine rings is 1. The summed E-state index contributed by atoms with van der Waals surface area (Å²) >= 11 is 0. The van der Waals surface area contributed by atoms with Gasteiger partial charge in [0.05, 0.1) is 0 Å². The van der Waals surface area contributed by atoms with Gasteiger partial charge >= 0.3 is 0 Å². The van der Waals surface area contributed by atoms with Crippen LogP contribution in [0.5, 0.6) is 0 Å². The van der Waals surface area contributed by atoms with E-state index in [0.29, 0.717) is 12.5 Å². The monoisotopic (exact) mass is 280 g/mol. The van der Waals surface area contributed by atoms with Crippen molar-refractivity contribution in [2.45, 2.75) is 44.6 Å². The lowest BCUT2D eigenvalue weighted by molar-refractivity contribution is -0.692. The standard InChI is InChI=1S/C19H22NO/c21-19(17-11-5-2-6-12-17)15-20-14-8-7-13-18(20)16-9-3-1-4-10-16/h2,5-8,11-14,16H,1,3-4,9-10,15H2/q+1. The number of carbonyl (C=O) groups is 1. The largest absolute Gasteiger partial charge is 0.287 e. The molecule has 0 saturated heterocycles. The van der Waals surface area contributed by atoms with Crippen molar-refractivity contribution in [1.29, 1.82) is 0 Å². The average molecular weight is 280 g/mol. The summed E-state index contributed by atoms with van der Waals surface area (Å²) < 4.78 is 2.14. The molecular formula is C19H22NO+. The SMILES string of the molecule is O=C(C[n+]1ccccc1C1CCCCC1)c1ccccc1. The third-order valence-corrected chi connectivity index (χ3v) is 4.41. The first-order valence-electron chi connectivity index (χ1n) is 7.91. The Morgan fingerprint density at radius 3 is 2.43 bits per heavy atom. The van der Waals surface area contributed by atoms with Gasteiger partial charge in [0.25, 0.3) is 0 Å². The molecule has 108 valence electrons. The van der Waals surface area contributed by atoms with Crippen molar-refractivity contribution in [3.05, 3.63) is 66.0 Å². The molecule has 1 saturated carbocycles. The summed E-state index contributed by atoms with van der Waals surface area (Å²) in [6.07, 6.45) is 8.53. The first-order valence-corrected chi connectivity index (χ1v) is 7.91. The second-order valence-corrected chi connectivity index (χ2v) is 5.88. The highest BCUT2D eigenvalue weighted by molar-refractivity contribution is 5.94. The minimum Gasteiger partial charge on any atom is -0.287 e. The summed E-state index contributed by atoms with van der Waals surface area (Å²) in [4.78, 5) is 12.4. The van der Waals surface area contributed by atoms with Crippen LogP contribution in [0.15, 0.2) is 54.7 Å². The quantitative estimate of drug-likeness (QED) is 0.614. The number of ketones is 1. The molecular weight excluding hydrogens is 258 g/mol. The Balaban J connectivity index is 1.80. The van der Waals surface area contributed by atoms with E-state index in [1.54, 1.807) is 0 Å². The molecule has 3 rings (SSSR count). The fraction of sp³-hybridized carbons (Fsp3) is 0.368. The Morgan fingerprint density at radius 1 is 0.952 bits per heavy atom. The molecule has 0 bridgehead atoms. The number of nitrogens with zero attached hydrogens (tertiary/aromatic N) is 1. The van der Waals surface area contributed by atoms with Crippen LogP contribution >= 0.6 is 0 Å². The fourth-order valence-electron chi connectivity index (χ4n) is 3.27. The highest BCUT2D eigenvalue weighted by atomic mass is 16.1. The summed E-state index contributed by atoms with van der Waals surface area (Å²) in [5, 5.41) is 0. The van der Waals surface area contributed by atoms with Gasteiger partial charge in [-0.1, -0.05) is 55.7 Å². The van der Waals surface area contributed by atoms with Crippen molar-refractivity contribution in [3.8, 4) is 0 Å². The van der Waals surface area contributed by atoms with Crippen LogP contribution in [0.2, 0.25) is 0 Å². The molecule has 1 fully saturated rings. The zero-order valence-electron chi connectivity index (χ0n) is 12.4. The minimum atomic E-state index is 0.184. The van der Waals surface area contributed by atoms with E-state index in [9.17, 15) is 4.79 Å².